The number of allylic oxidation sites excluding steroid dienone is 2. The molecule has 2 bridgehead atoms. The van der Waals surface area contributed by atoms with E-state index in [1.807, 2.05) is 19.1 Å². The van der Waals surface area contributed by atoms with Crippen molar-refractivity contribution in [1.29, 1.82) is 0 Å². The van der Waals surface area contributed by atoms with Crippen LogP contribution >= 0.6 is 11.3 Å². The molecule has 3 aliphatic rings. The largest absolute Gasteiger partial charge is 0.481 e. The maximum absolute atomic E-state index is 13.1. The fraction of sp³-hybridized carbons (Fsp3) is 0.571. The zero-order valence-electron chi connectivity index (χ0n) is 15.9. The summed E-state index contributed by atoms with van der Waals surface area (Å²) in [6.07, 6.45) is 9.13. The third kappa shape index (κ3) is 3.26. The van der Waals surface area contributed by atoms with Gasteiger partial charge in [0, 0.05) is 4.88 Å². The lowest BCUT2D eigenvalue weighted by molar-refractivity contribution is -0.146. The Morgan fingerprint density at radius 2 is 1.89 bits per heavy atom. The number of amides is 1. The minimum Gasteiger partial charge on any atom is -0.481 e. The van der Waals surface area contributed by atoms with Gasteiger partial charge in [-0.3, -0.25) is 9.59 Å². The van der Waals surface area contributed by atoms with Crippen molar-refractivity contribution in [1.82, 2.24) is 0 Å². The van der Waals surface area contributed by atoms with Crippen LogP contribution in [0, 0.1) is 23.7 Å². The molecule has 28 heavy (non-hydrogen) atoms. The van der Waals surface area contributed by atoms with Crippen molar-refractivity contribution in [2.75, 3.05) is 11.9 Å². The van der Waals surface area contributed by atoms with Crippen molar-refractivity contribution < 1.29 is 24.2 Å². The Morgan fingerprint density at radius 3 is 2.61 bits per heavy atom. The van der Waals surface area contributed by atoms with Gasteiger partial charge in [0.15, 0.2) is 0 Å². The van der Waals surface area contributed by atoms with E-state index in [1.165, 1.54) is 11.3 Å². The Balaban J connectivity index is 1.61. The summed E-state index contributed by atoms with van der Waals surface area (Å²) >= 11 is 1.44. The van der Waals surface area contributed by atoms with E-state index in [9.17, 15) is 19.5 Å². The first kappa shape index (κ1) is 19.2. The molecule has 1 aromatic heterocycles. The third-order valence-electron chi connectivity index (χ3n) is 6.10. The number of esters is 1. The van der Waals surface area contributed by atoms with Crippen LogP contribution in [0.1, 0.15) is 53.4 Å². The van der Waals surface area contributed by atoms with E-state index in [0.29, 0.717) is 23.6 Å². The number of hydrogen-bond acceptors (Lipinski definition) is 5. The number of ether oxygens (including phenoxy) is 1. The molecule has 3 aliphatic carbocycles. The number of anilines is 1. The second kappa shape index (κ2) is 7.70. The van der Waals surface area contributed by atoms with E-state index in [4.69, 9.17) is 4.74 Å². The van der Waals surface area contributed by atoms with Gasteiger partial charge in [-0.25, -0.2) is 4.79 Å². The van der Waals surface area contributed by atoms with Crippen LogP contribution in [0.5, 0.6) is 0 Å². The van der Waals surface area contributed by atoms with Gasteiger partial charge in [0.1, 0.15) is 5.00 Å². The van der Waals surface area contributed by atoms with Gasteiger partial charge in [0.2, 0.25) is 5.91 Å². The minimum atomic E-state index is -0.926. The summed E-state index contributed by atoms with van der Waals surface area (Å²) in [5.41, 5.74) is 1.47. The average Bonchev–Trinajstić information content (AvgIpc) is 3.37. The van der Waals surface area contributed by atoms with Crippen LogP contribution in [0.15, 0.2) is 12.2 Å². The number of carbonyl (C=O) groups is 3. The summed E-state index contributed by atoms with van der Waals surface area (Å²) in [4.78, 5) is 38.6. The van der Waals surface area contributed by atoms with Gasteiger partial charge in [-0.15, -0.1) is 11.3 Å². The maximum Gasteiger partial charge on any atom is 0.341 e. The molecule has 150 valence electrons. The van der Waals surface area contributed by atoms with E-state index < -0.39 is 17.8 Å². The molecule has 0 aliphatic heterocycles. The molecule has 1 aromatic rings. The van der Waals surface area contributed by atoms with Crippen LogP contribution in [-0.4, -0.2) is 29.6 Å². The van der Waals surface area contributed by atoms with E-state index >= 15 is 0 Å². The van der Waals surface area contributed by atoms with Gasteiger partial charge in [-0.2, -0.15) is 0 Å². The number of carboxylic acid groups (broad SMARTS) is 1. The first-order valence-electron chi connectivity index (χ1n) is 10.0. The van der Waals surface area contributed by atoms with Crippen molar-refractivity contribution in [2.24, 2.45) is 23.7 Å². The fourth-order valence-corrected chi connectivity index (χ4v) is 6.13. The van der Waals surface area contributed by atoms with Crippen LogP contribution in [0.2, 0.25) is 0 Å². The predicted octanol–water partition coefficient (Wildman–Crippen LogP) is 3.66. The van der Waals surface area contributed by atoms with E-state index in [1.54, 1.807) is 0 Å². The van der Waals surface area contributed by atoms with Gasteiger partial charge < -0.3 is 15.2 Å². The van der Waals surface area contributed by atoms with Crippen molar-refractivity contribution in [3.8, 4) is 0 Å². The number of rotatable bonds is 6. The Labute approximate surface area is 168 Å². The number of nitrogens with one attached hydrogen (secondary N) is 1. The Kier molecular flexibility index (Phi) is 5.27. The van der Waals surface area contributed by atoms with E-state index in [2.05, 4.69) is 5.32 Å². The Morgan fingerprint density at radius 1 is 1.18 bits per heavy atom. The standard InChI is InChI=1S/C21H25NO5S/c1-2-9-27-21(26)17-13-5-3-4-6-14(13)28-19(17)22-18(23)15-11-7-8-12(10-11)16(15)20(24)25/h7-8,11-12,15-16H,2-6,9-10H2,1H3,(H,22,23)(H,24,25)/t11-,12-,15+,16+/m0/s1. The summed E-state index contributed by atoms with van der Waals surface area (Å²) in [5, 5.41) is 13.0. The predicted molar refractivity (Wildman–Crippen MR) is 106 cm³/mol. The van der Waals surface area contributed by atoms with Crippen LogP contribution < -0.4 is 5.32 Å². The van der Waals surface area contributed by atoms with Crippen molar-refractivity contribution in [3.63, 3.8) is 0 Å². The van der Waals surface area contributed by atoms with Crippen LogP contribution in [0.3, 0.4) is 0 Å². The highest BCUT2D eigenvalue weighted by atomic mass is 32.1. The monoisotopic (exact) mass is 403 g/mol. The third-order valence-corrected chi connectivity index (χ3v) is 7.30. The number of aryl methyl sites for hydroxylation is 1. The number of hydrogen-bond donors (Lipinski definition) is 2. The number of fused-ring (bicyclic) bond motifs is 3. The van der Waals surface area contributed by atoms with Gasteiger partial charge in [0.25, 0.3) is 0 Å². The van der Waals surface area contributed by atoms with Crippen molar-refractivity contribution in [3.05, 3.63) is 28.2 Å². The molecule has 6 nitrogen and oxygen atoms in total. The van der Waals surface area contributed by atoms with E-state index in [-0.39, 0.29) is 23.7 Å². The molecule has 1 amide bonds. The summed E-state index contributed by atoms with van der Waals surface area (Å²) in [7, 11) is 0. The summed E-state index contributed by atoms with van der Waals surface area (Å²) in [6, 6.07) is 0. The second-order valence-corrected chi connectivity index (χ2v) is 8.98. The van der Waals surface area contributed by atoms with Gasteiger partial charge in [-0.1, -0.05) is 19.1 Å². The molecule has 0 aromatic carbocycles. The summed E-state index contributed by atoms with van der Waals surface area (Å²) in [6.45, 7) is 2.28. The first-order chi connectivity index (χ1) is 13.5. The molecule has 0 spiro atoms. The quantitative estimate of drug-likeness (QED) is 0.559. The smallest absolute Gasteiger partial charge is 0.341 e. The molecule has 4 rings (SSSR count). The highest BCUT2D eigenvalue weighted by molar-refractivity contribution is 7.17. The molecule has 1 saturated carbocycles. The van der Waals surface area contributed by atoms with E-state index in [0.717, 1.165) is 42.5 Å². The van der Waals surface area contributed by atoms with Crippen molar-refractivity contribution in [2.45, 2.75) is 45.4 Å². The van der Waals surface area contributed by atoms with Crippen molar-refractivity contribution >= 4 is 34.2 Å². The maximum atomic E-state index is 13.1. The van der Waals surface area contributed by atoms with Crippen LogP contribution in [-0.2, 0) is 27.2 Å². The van der Waals surface area contributed by atoms with Gasteiger partial charge in [0.05, 0.1) is 24.0 Å². The molecule has 4 atom stereocenters. The lowest BCUT2D eigenvalue weighted by Crippen LogP contribution is -2.36. The summed E-state index contributed by atoms with van der Waals surface area (Å²) < 4.78 is 5.37. The molecule has 0 saturated heterocycles. The highest BCUT2D eigenvalue weighted by Gasteiger charge is 2.51. The molecule has 1 heterocycles. The average molecular weight is 404 g/mol. The minimum absolute atomic E-state index is 0.0452. The number of carbonyl (C=O) groups excluding carboxylic acids is 2. The molecule has 0 radical (unpaired) electrons. The highest BCUT2D eigenvalue weighted by Crippen LogP contribution is 2.49. The molecule has 0 unspecified atom stereocenters. The number of thiophene rings is 1. The van der Waals surface area contributed by atoms with Gasteiger partial charge >= 0.3 is 11.9 Å². The normalized spacial score (nSPS) is 27.5. The fourth-order valence-electron chi connectivity index (χ4n) is 4.85. The first-order valence-corrected chi connectivity index (χ1v) is 10.9. The van der Waals surface area contributed by atoms with Crippen LogP contribution in [0.25, 0.3) is 0 Å². The topological polar surface area (TPSA) is 92.7 Å². The number of carboxylic acids is 1. The lowest BCUT2D eigenvalue weighted by Gasteiger charge is -2.23. The lowest BCUT2D eigenvalue weighted by atomic mass is 9.82. The SMILES string of the molecule is CCCOC(=O)c1c(NC(=O)[C@H]2[C@H](C(=O)O)[C@H]3C=C[C@H]2C3)sc2c1CCCC2. The van der Waals surface area contributed by atoms with Gasteiger partial charge in [-0.05, 0) is 55.9 Å². The van der Waals surface area contributed by atoms with Crippen LogP contribution in [0.4, 0.5) is 5.00 Å². The Bertz CT molecular complexity index is 842. The molecule has 7 heteroatoms. The molecular formula is C21H25NO5S. The number of aliphatic carboxylic acids is 1. The zero-order chi connectivity index (χ0) is 19.8. The zero-order valence-corrected chi connectivity index (χ0v) is 16.7. The Hall–Kier alpha value is -2.15. The second-order valence-electron chi connectivity index (χ2n) is 7.88. The molecular weight excluding hydrogens is 378 g/mol. The molecule has 1 fully saturated rings. The molecule has 2 N–H and O–H groups in total. The summed E-state index contributed by atoms with van der Waals surface area (Å²) in [5.74, 6) is -3.03.